The minimum Gasteiger partial charge on any atom is -0.325 e. The summed E-state index contributed by atoms with van der Waals surface area (Å²) < 4.78 is 0. The average Bonchev–Trinajstić information content (AvgIpc) is 2.33. The summed E-state index contributed by atoms with van der Waals surface area (Å²) in [7, 11) is 0. The molecule has 2 aliphatic heterocycles. The Morgan fingerprint density at radius 3 is 2.06 bits per heavy atom. The van der Waals surface area contributed by atoms with Crippen LogP contribution in [-0.2, 0) is 0 Å². The van der Waals surface area contributed by atoms with E-state index in [1.807, 2.05) is 0 Å². The Morgan fingerprint density at radius 1 is 0.882 bits per heavy atom. The van der Waals surface area contributed by atoms with Gasteiger partial charge in [0.2, 0.25) is 0 Å². The zero-order valence-corrected chi connectivity index (χ0v) is 11.5. The second-order valence-electron chi connectivity index (χ2n) is 6.14. The lowest BCUT2D eigenvalue weighted by atomic mass is 9.89. The van der Waals surface area contributed by atoms with E-state index in [1.165, 1.54) is 12.8 Å². The quantitative estimate of drug-likeness (QED) is 0.636. The summed E-state index contributed by atoms with van der Waals surface area (Å²) in [4.78, 5) is 16.5. The highest BCUT2D eigenvalue weighted by atomic mass is 16.2. The molecule has 2 amide bonds. The lowest BCUT2D eigenvalue weighted by Gasteiger charge is -2.40. The molecule has 2 fully saturated rings. The fourth-order valence-corrected chi connectivity index (χ4v) is 2.84. The van der Waals surface area contributed by atoms with E-state index in [0.29, 0.717) is 5.92 Å². The zero-order chi connectivity index (χ0) is 12.4. The summed E-state index contributed by atoms with van der Waals surface area (Å²) in [6.45, 7) is 10.7. The predicted octanol–water partition coefficient (Wildman–Crippen LogP) is 2.82. The first-order valence-corrected chi connectivity index (χ1v) is 7.11. The zero-order valence-electron chi connectivity index (χ0n) is 11.5. The number of hydrogen-bond acceptors (Lipinski definition) is 1. The van der Waals surface area contributed by atoms with Gasteiger partial charge in [-0.3, -0.25) is 0 Å². The first-order chi connectivity index (χ1) is 8.08. The minimum atomic E-state index is 0.288. The molecule has 2 heterocycles. The van der Waals surface area contributed by atoms with E-state index in [1.54, 1.807) is 0 Å². The second kappa shape index (κ2) is 5.28. The third-order valence-corrected chi connectivity index (χ3v) is 4.66. The molecule has 3 heteroatoms. The van der Waals surface area contributed by atoms with Crippen molar-refractivity contribution in [3.8, 4) is 0 Å². The fourth-order valence-electron chi connectivity index (χ4n) is 2.84. The first kappa shape index (κ1) is 12.7. The van der Waals surface area contributed by atoms with Gasteiger partial charge in [-0.05, 0) is 37.0 Å². The van der Waals surface area contributed by atoms with Gasteiger partial charge in [-0.2, -0.15) is 0 Å². The minimum absolute atomic E-state index is 0.288. The van der Waals surface area contributed by atoms with Gasteiger partial charge in [0, 0.05) is 26.2 Å². The largest absolute Gasteiger partial charge is 0.325 e. The number of likely N-dealkylation sites (tertiary alicyclic amines) is 2. The van der Waals surface area contributed by atoms with Crippen LogP contribution in [0.15, 0.2) is 0 Å². The molecule has 0 N–H and O–H groups in total. The van der Waals surface area contributed by atoms with Crippen molar-refractivity contribution in [2.45, 2.75) is 40.0 Å². The summed E-state index contributed by atoms with van der Waals surface area (Å²) in [6, 6.07) is 0.288. The van der Waals surface area contributed by atoms with Crippen LogP contribution >= 0.6 is 0 Å². The van der Waals surface area contributed by atoms with Crippen molar-refractivity contribution in [1.29, 1.82) is 0 Å². The molecule has 0 bridgehead atoms. The van der Waals surface area contributed by atoms with E-state index < -0.39 is 0 Å². The van der Waals surface area contributed by atoms with Crippen LogP contribution < -0.4 is 0 Å². The number of urea groups is 1. The molecular weight excluding hydrogens is 212 g/mol. The van der Waals surface area contributed by atoms with Gasteiger partial charge in [0.25, 0.3) is 0 Å². The molecule has 2 rings (SSSR count). The Labute approximate surface area is 105 Å². The van der Waals surface area contributed by atoms with Crippen LogP contribution in [0.1, 0.15) is 40.0 Å². The summed E-state index contributed by atoms with van der Waals surface area (Å²) in [6.07, 6.45) is 3.51. The maximum Gasteiger partial charge on any atom is 0.320 e. The van der Waals surface area contributed by atoms with Crippen LogP contribution in [0.4, 0.5) is 4.79 Å². The van der Waals surface area contributed by atoms with Crippen LogP contribution in [0, 0.1) is 17.8 Å². The Kier molecular flexibility index (Phi) is 3.95. The predicted molar refractivity (Wildman–Crippen MR) is 69.9 cm³/mol. The number of nitrogens with zero attached hydrogens (tertiary/aromatic N) is 2. The molecule has 0 aromatic heterocycles. The van der Waals surface area contributed by atoms with Gasteiger partial charge < -0.3 is 9.80 Å². The molecule has 0 spiro atoms. The standard InChI is InChI=1S/C14H26N2O/c1-11-4-7-15(8-5-11)14(17)16-9-6-12(2)13(3)10-16/h11-13H,4-10H2,1-3H3. The molecule has 17 heavy (non-hydrogen) atoms. The molecule has 0 aromatic rings. The monoisotopic (exact) mass is 238 g/mol. The second-order valence-corrected chi connectivity index (χ2v) is 6.14. The molecule has 0 radical (unpaired) electrons. The van der Waals surface area contributed by atoms with Gasteiger partial charge in [0.15, 0.2) is 0 Å². The van der Waals surface area contributed by atoms with Crippen LogP contribution in [-0.4, -0.2) is 42.0 Å². The number of hydrogen-bond donors (Lipinski definition) is 0. The molecule has 0 aromatic carbocycles. The third kappa shape index (κ3) is 2.93. The van der Waals surface area contributed by atoms with Crippen molar-refractivity contribution in [1.82, 2.24) is 9.80 Å². The van der Waals surface area contributed by atoms with Crippen molar-refractivity contribution in [2.75, 3.05) is 26.2 Å². The normalized spacial score (nSPS) is 31.7. The average molecular weight is 238 g/mol. The Hall–Kier alpha value is -0.730. The maximum absolute atomic E-state index is 12.4. The number of rotatable bonds is 0. The molecule has 2 unspecified atom stereocenters. The fraction of sp³-hybridized carbons (Fsp3) is 0.929. The van der Waals surface area contributed by atoms with Gasteiger partial charge in [0.05, 0.1) is 0 Å². The van der Waals surface area contributed by atoms with Gasteiger partial charge in [-0.25, -0.2) is 4.79 Å². The van der Waals surface area contributed by atoms with E-state index >= 15 is 0 Å². The number of carbonyl (C=O) groups is 1. The van der Waals surface area contributed by atoms with Gasteiger partial charge in [0.1, 0.15) is 0 Å². The van der Waals surface area contributed by atoms with Crippen molar-refractivity contribution >= 4 is 6.03 Å². The molecule has 3 nitrogen and oxygen atoms in total. The van der Waals surface area contributed by atoms with Crippen molar-refractivity contribution in [3.63, 3.8) is 0 Å². The Balaban J connectivity index is 1.87. The molecule has 98 valence electrons. The number of amides is 2. The van der Waals surface area contributed by atoms with Crippen LogP contribution in [0.25, 0.3) is 0 Å². The van der Waals surface area contributed by atoms with E-state index in [4.69, 9.17) is 0 Å². The van der Waals surface area contributed by atoms with E-state index in [9.17, 15) is 4.79 Å². The van der Waals surface area contributed by atoms with Crippen LogP contribution in [0.2, 0.25) is 0 Å². The summed E-state index contributed by atoms with van der Waals surface area (Å²) in [5.74, 6) is 2.20. The lowest BCUT2D eigenvalue weighted by molar-refractivity contribution is 0.102. The van der Waals surface area contributed by atoms with Crippen molar-refractivity contribution < 1.29 is 4.79 Å². The molecule has 2 atom stereocenters. The maximum atomic E-state index is 12.4. The van der Waals surface area contributed by atoms with E-state index in [2.05, 4.69) is 30.6 Å². The summed E-state index contributed by atoms with van der Waals surface area (Å²) >= 11 is 0. The Bertz CT molecular complexity index is 271. The third-order valence-electron chi connectivity index (χ3n) is 4.66. The summed E-state index contributed by atoms with van der Waals surface area (Å²) in [5, 5.41) is 0. The molecule has 2 saturated heterocycles. The lowest BCUT2D eigenvalue weighted by Crippen LogP contribution is -2.50. The van der Waals surface area contributed by atoms with Crippen LogP contribution in [0.5, 0.6) is 0 Å². The van der Waals surface area contributed by atoms with Gasteiger partial charge in [-0.1, -0.05) is 20.8 Å². The van der Waals surface area contributed by atoms with Crippen LogP contribution in [0.3, 0.4) is 0 Å². The van der Waals surface area contributed by atoms with Crippen molar-refractivity contribution in [2.24, 2.45) is 17.8 Å². The number of piperidine rings is 2. The SMILES string of the molecule is CC1CCN(C(=O)N2CCC(C)C(C)C2)CC1. The molecule has 0 aliphatic carbocycles. The topological polar surface area (TPSA) is 23.6 Å². The number of carbonyl (C=O) groups excluding carboxylic acids is 1. The van der Waals surface area contributed by atoms with E-state index in [0.717, 1.165) is 44.4 Å². The van der Waals surface area contributed by atoms with E-state index in [-0.39, 0.29) is 6.03 Å². The smallest absolute Gasteiger partial charge is 0.320 e. The van der Waals surface area contributed by atoms with Crippen molar-refractivity contribution in [3.05, 3.63) is 0 Å². The highest BCUT2D eigenvalue weighted by molar-refractivity contribution is 5.74. The Morgan fingerprint density at radius 2 is 1.47 bits per heavy atom. The highest BCUT2D eigenvalue weighted by Gasteiger charge is 2.29. The molecular formula is C14H26N2O. The summed E-state index contributed by atoms with van der Waals surface area (Å²) in [5.41, 5.74) is 0. The van der Waals surface area contributed by atoms with Gasteiger partial charge >= 0.3 is 6.03 Å². The highest BCUT2D eigenvalue weighted by Crippen LogP contribution is 2.24. The molecule has 0 saturated carbocycles. The molecule has 2 aliphatic rings. The van der Waals surface area contributed by atoms with Gasteiger partial charge in [-0.15, -0.1) is 0 Å². The first-order valence-electron chi connectivity index (χ1n) is 7.11.